The van der Waals surface area contributed by atoms with Gasteiger partial charge in [-0.05, 0) is 45.1 Å². The van der Waals surface area contributed by atoms with E-state index < -0.39 is 0 Å². The minimum absolute atomic E-state index is 0.103. The van der Waals surface area contributed by atoms with Gasteiger partial charge >= 0.3 is 6.03 Å². The monoisotopic (exact) mass is 293 g/mol. The summed E-state index contributed by atoms with van der Waals surface area (Å²) < 4.78 is 0. The van der Waals surface area contributed by atoms with Crippen molar-refractivity contribution < 1.29 is 9.90 Å². The molecule has 0 unspecified atom stereocenters. The van der Waals surface area contributed by atoms with Crippen LogP contribution in [-0.4, -0.2) is 23.3 Å². The third kappa shape index (κ3) is 3.30. The topological polar surface area (TPSA) is 85.2 Å². The summed E-state index contributed by atoms with van der Waals surface area (Å²) in [6.45, 7) is 3.82. The van der Waals surface area contributed by atoms with Crippen molar-refractivity contribution in [2.24, 2.45) is 0 Å². The molecule has 5 nitrogen and oxygen atoms in total. The zero-order chi connectivity index (χ0) is 14.7. The quantitative estimate of drug-likeness (QED) is 0.783. The van der Waals surface area contributed by atoms with Crippen LogP contribution in [0, 0.1) is 25.2 Å². The number of nitrogens with zero attached hydrogens (tertiary/aromatic N) is 1. The number of thiophene rings is 1. The number of nitrogens with one attached hydrogen (secondary N) is 2. The smallest absolute Gasteiger partial charge is 0.320 e. The molecule has 1 fully saturated rings. The summed E-state index contributed by atoms with van der Waals surface area (Å²) in [6.07, 6.45) is 2.81. The van der Waals surface area contributed by atoms with E-state index in [2.05, 4.69) is 16.7 Å². The Labute approximate surface area is 122 Å². The lowest BCUT2D eigenvalue weighted by atomic mass is 9.93. The van der Waals surface area contributed by atoms with E-state index in [4.69, 9.17) is 5.26 Å². The van der Waals surface area contributed by atoms with Gasteiger partial charge in [-0.2, -0.15) is 5.26 Å². The fourth-order valence-electron chi connectivity index (χ4n) is 2.39. The fourth-order valence-corrected chi connectivity index (χ4v) is 3.40. The zero-order valence-corrected chi connectivity index (χ0v) is 12.5. The zero-order valence-electron chi connectivity index (χ0n) is 11.7. The first-order valence-corrected chi connectivity index (χ1v) is 7.58. The van der Waals surface area contributed by atoms with E-state index in [-0.39, 0.29) is 18.2 Å². The normalized spacial score (nSPS) is 22.1. The SMILES string of the molecule is Cc1sc(NC(=O)NC2CCC(O)CC2)c(C#N)c1C. The van der Waals surface area contributed by atoms with Crippen LogP contribution in [0.5, 0.6) is 0 Å². The Morgan fingerprint density at radius 3 is 2.60 bits per heavy atom. The number of anilines is 1. The fraction of sp³-hybridized carbons (Fsp3) is 0.571. The Bertz CT molecular complexity index is 539. The average molecular weight is 293 g/mol. The molecule has 0 radical (unpaired) electrons. The molecule has 0 bridgehead atoms. The van der Waals surface area contributed by atoms with Gasteiger partial charge in [-0.1, -0.05) is 0 Å². The number of rotatable bonds is 2. The molecule has 0 spiro atoms. The van der Waals surface area contributed by atoms with E-state index >= 15 is 0 Å². The second kappa shape index (κ2) is 6.25. The Morgan fingerprint density at radius 1 is 1.35 bits per heavy atom. The molecule has 1 heterocycles. The van der Waals surface area contributed by atoms with Crippen molar-refractivity contribution in [3.05, 3.63) is 16.0 Å². The van der Waals surface area contributed by atoms with Gasteiger partial charge in [-0.15, -0.1) is 11.3 Å². The molecule has 3 N–H and O–H groups in total. The van der Waals surface area contributed by atoms with E-state index in [0.29, 0.717) is 10.6 Å². The summed E-state index contributed by atoms with van der Waals surface area (Å²) in [4.78, 5) is 13.0. The minimum Gasteiger partial charge on any atom is -0.393 e. The molecular weight excluding hydrogens is 274 g/mol. The number of aryl methyl sites for hydroxylation is 1. The largest absolute Gasteiger partial charge is 0.393 e. The van der Waals surface area contributed by atoms with E-state index in [1.54, 1.807) is 0 Å². The maximum Gasteiger partial charge on any atom is 0.320 e. The highest BCUT2D eigenvalue weighted by molar-refractivity contribution is 7.16. The Kier molecular flexibility index (Phi) is 4.63. The maximum absolute atomic E-state index is 12.0. The standard InChI is InChI=1S/C14H19N3O2S/c1-8-9(2)20-13(12(8)7-15)17-14(19)16-10-3-5-11(18)6-4-10/h10-11,18H,3-6H2,1-2H3,(H2,16,17,19). The number of hydrogen-bond acceptors (Lipinski definition) is 4. The van der Waals surface area contributed by atoms with Crippen LogP contribution in [0.15, 0.2) is 0 Å². The highest BCUT2D eigenvalue weighted by Crippen LogP contribution is 2.31. The number of urea groups is 1. The molecule has 1 aliphatic rings. The molecular formula is C14H19N3O2S. The van der Waals surface area contributed by atoms with Crippen molar-refractivity contribution in [3.63, 3.8) is 0 Å². The molecule has 0 saturated heterocycles. The van der Waals surface area contributed by atoms with Gasteiger partial charge in [0.05, 0.1) is 11.7 Å². The molecule has 0 aliphatic heterocycles. The van der Waals surface area contributed by atoms with Crippen LogP contribution in [0.3, 0.4) is 0 Å². The van der Waals surface area contributed by atoms with Crippen molar-refractivity contribution in [2.75, 3.05) is 5.32 Å². The molecule has 2 rings (SSSR count). The van der Waals surface area contributed by atoms with Crippen LogP contribution in [0.4, 0.5) is 9.80 Å². The van der Waals surface area contributed by atoms with Crippen LogP contribution >= 0.6 is 11.3 Å². The van der Waals surface area contributed by atoms with Gasteiger partial charge in [-0.3, -0.25) is 5.32 Å². The van der Waals surface area contributed by atoms with Crippen LogP contribution in [0.1, 0.15) is 41.7 Å². The molecule has 0 aromatic carbocycles. The van der Waals surface area contributed by atoms with E-state index in [1.165, 1.54) is 11.3 Å². The lowest BCUT2D eigenvalue weighted by molar-refractivity contribution is 0.118. The second-order valence-electron chi connectivity index (χ2n) is 5.20. The Morgan fingerprint density at radius 2 is 2.00 bits per heavy atom. The van der Waals surface area contributed by atoms with E-state index in [0.717, 1.165) is 36.1 Å². The number of hydrogen-bond donors (Lipinski definition) is 3. The molecule has 6 heteroatoms. The lowest BCUT2D eigenvalue weighted by Crippen LogP contribution is -2.40. The predicted molar refractivity (Wildman–Crippen MR) is 78.9 cm³/mol. The lowest BCUT2D eigenvalue weighted by Gasteiger charge is -2.26. The third-order valence-corrected chi connectivity index (χ3v) is 4.88. The molecule has 0 atom stereocenters. The minimum atomic E-state index is -0.274. The summed E-state index contributed by atoms with van der Waals surface area (Å²) in [5, 5.41) is 24.8. The van der Waals surface area contributed by atoms with Gasteiger partial charge in [0.25, 0.3) is 0 Å². The summed E-state index contributed by atoms with van der Waals surface area (Å²) in [5.74, 6) is 0. The molecule has 2 amide bonds. The Hall–Kier alpha value is -1.58. The molecule has 20 heavy (non-hydrogen) atoms. The van der Waals surface area contributed by atoms with Gasteiger partial charge < -0.3 is 10.4 Å². The van der Waals surface area contributed by atoms with Crippen molar-refractivity contribution in [1.29, 1.82) is 5.26 Å². The number of carbonyl (C=O) groups is 1. The number of nitriles is 1. The summed E-state index contributed by atoms with van der Waals surface area (Å²) in [6, 6.07) is 1.96. The van der Waals surface area contributed by atoms with Crippen molar-refractivity contribution in [2.45, 2.75) is 51.7 Å². The first kappa shape index (κ1) is 14.8. The van der Waals surface area contributed by atoms with Gasteiger partial charge in [-0.25, -0.2) is 4.79 Å². The van der Waals surface area contributed by atoms with Crippen molar-refractivity contribution >= 4 is 22.4 Å². The molecule has 1 aromatic rings. The molecule has 1 saturated carbocycles. The number of amides is 2. The van der Waals surface area contributed by atoms with Crippen LogP contribution in [-0.2, 0) is 0 Å². The number of aliphatic hydroxyl groups is 1. The number of aliphatic hydroxyl groups excluding tert-OH is 1. The van der Waals surface area contributed by atoms with Gasteiger partial charge in [0.2, 0.25) is 0 Å². The summed E-state index contributed by atoms with van der Waals surface area (Å²) in [5.41, 5.74) is 1.47. The first-order valence-electron chi connectivity index (χ1n) is 6.77. The van der Waals surface area contributed by atoms with Gasteiger partial charge in [0, 0.05) is 10.9 Å². The molecule has 108 valence electrons. The maximum atomic E-state index is 12.0. The average Bonchev–Trinajstić information content (AvgIpc) is 2.67. The highest BCUT2D eigenvalue weighted by Gasteiger charge is 2.21. The van der Waals surface area contributed by atoms with Crippen LogP contribution in [0.25, 0.3) is 0 Å². The molecule has 1 aliphatic carbocycles. The second-order valence-corrected chi connectivity index (χ2v) is 6.43. The van der Waals surface area contributed by atoms with Crippen molar-refractivity contribution in [3.8, 4) is 6.07 Å². The van der Waals surface area contributed by atoms with Gasteiger partial charge in [0.15, 0.2) is 0 Å². The van der Waals surface area contributed by atoms with Crippen molar-refractivity contribution in [1.82, 2.24) is 5.32 Å². The Balaban J connectivity index is 1.95. The van der Waals surface area contributed by atoms with E-state index in [9.17, 15) is 9.90 Å². The van der Waals surface area contributed by atoms with Crippen LogP contribution < -0.4 is 10.6 Å². The first-order chi connectivity index (χ1) is 9.51. The summed E-state index contributed by atoms with van der Waals surface area (Å²) in [7, 11) is 0. The van der Waals surface area contributed by atoms with Crippen LogP contribution in [0.2, 0.25) is 0 Å². The predicted octanol–water partition coefficient (Wildman–Crippen LogP) is 2.66. The van der Waals surface area contributed by atoms with E-state index in [1.807, 2.05) is 13.8 Å². The summed E-state index contributed by atoms with van der Waals surface area (Å²) >= 11 is 1.42. The van der Waals surface area contributed by atoms with Gasteiger partial charge in [0.1, 0.15) is 11.1 Å². The third-order valence-electron chi connectivity index (χ3n) is 3.76. The highest BCUT2D eigenvalue weighted by atomic mass is 32.1. The number of carbonyl (C=O) groups excluding carboxylic acids is 1. The molecule has 1 aromatic heterocycles.